The summed E-state index contributed by atoms with van der Waals surface area (Å²) in [5, 5.41) is 0. The number of nitrogens with zero attached hydrogens (tertiary/aromatic N) is 1. The van der Waals surface area contributed by atoms with Crippen molar-refractivity contribution in [1.82, 2.24) is 4.98 Å². The van der Waals surface area contributed by atoms with Crippen molar-refractivity contribution in [3.63, 3.8) is 0 Å². The molecule has 15 heavy (non-hydrogen) atoms. The molecule has 0 aliphatic heterocycles. The summed E-state index contributed by atoms with van der Waals surface area (Å²) in [4.78, 5) is 3.78. The zero-order valence-electron chi connectivity index (χ0n) is 7.87. The van der Waals surface area contributed by atoms with Crippen LogP contribution in [0.2, 0.25) is 0 Å². The highest BCUT2D eigenvalue weighted by molar-refractivity contribution is 5.85. The van der Waals surface area contributed by atoms with Crippen LogP contribution in [-0.4, -0.2) is 17.6 Å². The third-order valence-electron chi connectivity index (χ3n) is 1.79. The molecule has 2 N–H and O–H groups in total. The fraction of sp³-hybridized carbons (Fsp3) is 0.444. The van der Waals surface area contributed by atoms with Crippen LogP contribution >= 0.6 is 12.4 Å². The monoisotopic (exact) mass is 240 g/mol. The number of halogens is 4. The van der Waals surface area contributed by atoms with Crippen molar-refractivity contribution in [2.75, 3.05) is 0 Å². The van der Waals surface area contributed by atoms with Crippen molar-refractivity contribution >= 4 is 12.4 Å². The number of hydrogen-bond donors (Lipinski definition) is 1. The van der Waals surface area contributed by atoms with Crippen LogP contribution in [0.15, 0.2) is 18.3 Å². The Bertz CT molecular complexity index is 296. The molecular formula is C9H12ClF3N2. The van der Waals surface area contributed by atoms with E-state index in [-0.39, 0.29) is 18.8 Å². The van der Waals surface area contributed by atoms with E-state index in [1.807, 2.05) is 0 Å². The molecule has 1 aromatic rings. The van der Waals surface area contributed by atoms with E-state index in [2.05, 4.69) is 4.98 Å². The highest BCUT2D eigenvalue weighted by Gasteiger charge is 2.19. The van der Waals surface area contributed by atoms with Gasteiger partial charge in [0.1, 0.15) is 0 Å². The van der Waals surface area contributed by atoms with Gasteiger partial charge in [-0.25, -0.2) is 13.2 Å². The smallest absolute Gasteiger partial charge is 0.269 e. The van der Waals surface area contributed by atoms with Crippen molar-refractivity contribution in [2.45, 2.75) is 25.6 Å². The molecule has 0 spiro atoms. The summed E-state index contributed by atoms with van der Waals surface area (Å²) in [5.41, 5.74) is 6.41. The van der Waals surface area contributed by atoms with E-state index in [1.165, 1.54) is 12.3 Å². The maximum Gasteiger partial charge on any atom is 0.269 e. The molecule has 6 heteroatoms. The van der Waals surface area contributed by atoms with Crippen LogP contribution < -0.4 is 5.73 Å². The summed E-state index contributed by atoms with van der Waals surface area (Å²) in [6, 6.07) is 3.20. The predicted octanol–water partition coefficient (Wildman–Crippen LogP) is 2.11. The van der Waals surface area contributed by atoms with E-state index in [1.54, 1.807) is 6.07 Å². The second-order valence-electron chi connectivity index (χ2n) is 2.91. The molecular weight excluding hydrogens is 229 g/mol. The number of aromatic nitrogens is 1. The fourth-order valence-corrected chi connectivity index (χ4v) is 1.06. The second-order valence-corrected chi connectivity index (χ2v) is 2.91. The molecule has 1 unspecified atom stereocenters. The minimum Gasteiger partial charge on any atom is -0.326 e. The molecule has 0 fully saturated rings. The highest BCUT2D eigenvalue weighted by atomic mass is 35.5. The number of nitrogens with two attached hydrogens (primary N) is 1. The van der Waals surface area contributed by atoms with Crippen LogP contribution in [0.5, 0.6) is 0 Å². The van der Waals surface area contributed by atoms with Gasteiger partial charge in [0.2, 0.25) is 0 Å². The molecule has 2 nitrogen and oxygen atoms in total. The van der Waals surface area contributed by atoms with Gasteiger partial charge in [-0.2, -0.15) is 0 Å². The highest BCUT2D eigenvalue weighted by Crippen LogP contribution is 2.12. The molecule has 1 rings (SSSR count). The topological polar surface area (TPSA) is 38.9 Å². The largest absolute Gasteiger partial charge is 0.326 e. The fourth-order valence-electron chi connectivity index (χ4n) is 1.06. The van der Waals surface area contributed by atoms with Crippen LogP contribution in [0.4, 0.5) is 13.2 Å². The lowest BCUT2D eigenvalue weighted by atomic mass is 10.1. The van der Waals surface area contributed by atoms with E-state index in [0.29, 0.717) is 12.2 Å². The Labute approximate surface area is 92.1 Å². The molecule has 0 saturated heterocycles. The first-order valence-corrected chi connectivity index (χ1v) is 4.19. The van der Waals surface area contributed by atoms with Crippen LogP contribution in [0, 0.1) is 0 Å². The predicted molar refractivity (Wildman–Crippen MR) is 54.0 cm³/mol. The van der Waals surface area contributed by atoms with Gasteiger partial charge in [-0.1, -0.05) is 0 Å². The van der Waals surface area contributed by atoms with Crippen molar-refractivity contribution in [2.24, 2.45) is 5.73 Å². The van der Waals surface area contributed by atoms with Gasteiger partial charge in [0.05, 0.1) is 0 Å². The first-order chi connectivity index (χ1) is 6.63. The lowest BCUT2D eigenvalue weighted by Gasteiger charge is -2.06. The van der Waals surface area contributed by atoms with Crippen molar-refractivity contribution in [3.8, 4) is 0 Å². The van der Waals surface area contributed by atoms with Crippen LogP contribution in [-0.2, 0) is 13.0 Å². The quantitative estimate of drug-likeness (QED) is 0.876. The summed E-state index contributed by atoms with van der Waals surface area (Å²) in [6.45, 7) is 0.293. The normalized spacial score (nSPS) is 12.3. The molecule has 0 aliphatic carbocycles. The third-order valence-corrected chi connectivity index (χ3v) is 1.79. The van der Waals surface area contributed by atoms with Crippen molar-refractivity contribution in [1.29, 1.82) is 0 Å². The maximum atomic E-state index is 12.6. The van der Waals surface area contributed by atoms with E-state index in [9.17, 15) is 13.2 Å². The molecule has 0 amide bonds. The minimum atomic E-state index is -2.96. The van der Waals surface area contributed by atoms with Gasteiger partial charge < -0.3 is 5.73 Å². The van der Waals surface area contributed by atoms with Gasteiger partial charge in [-0.05, 0) is 17.7 Å². The SMILES string of the molecule is Cl.NCc1ccnc(CC(F)C(F)F)c1. The van der Waals surface area contributed by atoms with Gasteiger partial charge in [0, 0.05) is 24.9 Å². The minimum absolute atomic E-state index is 0. The molecule has 0 bridgehead atoms. The Morgan fingerprint density at radius 1 is 1.33 bits per heavy atom. The van der Waals surface area contributed by atoms with Crippen LogP contribution in [0.25, 0.3) is 0 Å². The number of hydrogen-bond acceptors (Lipinski definition) is 2. The van der Waals surface area contributed by atoms with E-state index < -0.39 is 12.6 Å². The van der Waals surface area contributed by atoms with Crippen LogP contribution in [0.3, 0.4) is 0 Å². The molecule has 1 aromatic heterocycles. The van der Waals surface area contributed by atoms with Gasteiger partial charge >= 0.3 is 0 Å². The summed E-state index contributed by atoms with van der Waals surface area (Å²) < 4.78 is 36.4. The molecule has 1 atom stereocenters. The summed E-state index contributed by atoms with van der Waals surface area (Å²) in [6.07, 6.45) is -4.05. The number of alkyl halides is 3. The molecule has 86 valence electrons. The second kappa shape index (κ2) is 6.63. The van der Waals surface area contributed by atoms with Gasteiger partial charge in [-0.15, -0.1) is 12.4 Å². The van der Waals surface area contributed by atoms with Crippen molar-refractivity contribution in [3.05, 3.63) is 29.6 Å². The van der Waals surface area contributed by atoms with E-state index in [0.717, 1.165) is 5.56 Å². The number of rotatable bonds is 4. The average molecular weight is 241 g/mol. The van der Waals surface area contributed by atoms with E-state index >= 15 is 0 Å². The third kappa shape index (κ3) is 4.48. The summed E-state index contributed by atoms with van der Waals surface area (Å²) >= 11 is 0. The first kappa shape index (κ1) is 14.2. The molecule has 0 aromatic carbocycles. The Kier molecular flexibility index (Phi) is 6.27. The van der Waals surface area contributed by atoms with Crippen molar-refractivity contribution < 1.29 is 13.2 Å². The zero-order valence-corrected chi connectivity index (χ0v) is 8.68. The lowest BCUT2D eigenvalue weighted by molar-refractivity contribution is 0.0498. The molecule has 1 heterocycles. The number of pyridine rings is 1. The standard InChI is InChI=1S/C9H11F3N2.ClH/c10-8(9(11)12)4-7-3-6(5-13)1-2-14-7;/h1-3,8-9H,4-5,13H2;1H. The average Bonchev–Trinajstić information content (AvgIpc) is 2.18. The van der Waals surface area contributed by atoms with Gasteiger partial charge in [0.25, 0.3) is 6.43 Å². The maximum absolute atomic E-state index is 12.6. The lowest BCUT2D eigenvalue weighted by Crippen LogP contribution is -2.16. The Hall–Kier alpha value is -0.810. The van der Waals surface area contributed by atoms with Gasteiger partial charge in [0.15, 0.2) is 6.17 Å². The molecule has 0 aliphatic rings. The Morgan fingerprint density at radius 2 is 2.00 bits per heavy atom. The Balaban J connectivity index is 0.00000196. The van der Waals surface area contributed by atoms with E-state index in [4.69, 9.17) is 5.73 Å². The summed E-state index contributed by atoms with van der Waals surface area (Å²) in [7, 11) is 0. The molecule has 0 saturated carbocycles. The zero-order chi connectivity index (χ0) is 10.6. The summed E-state index contributed by atoms with van der Waals surface area (Å²) in [5.74, 6) is 0. The Morgan fingerprint density at radius 3 is 2.53 bits per heavy atom. The van der Waals surface area contributed by atoms with Crippen LogP contribution in [0.1, 0.15) is 11.3 Å². The first-order valence-electron chi connectivity index (χ1n) is 4.19. The molecule has 0 radical (unpaired) electrons. The van der Waals surface area contributed by atoms with Gasteiger partial charge in [-0.3, -0.25) is 4.98 Å².